The highest BCUT2D eigenvalue weighted by Gasteiger charge is 2.35. The Morgan fingerprint density at radius 1 is 1.59 bits per heavy atom. The molecule has 1 rings (SSSR count). The van der Waals surface area contributed by atoms with Crippen molar-refractivity contribution in [1.29, 1.82) is 0 Å². The normalized spacial score (nSPS) is 24.2. The lowest BCUT2D eigenvalue weighted by molar-refractivity contribution is -0.135. The van der Waals surface area contributed by atoms with Crippen molar-refractivity contribution < 1.29 is 13.2 Å². The average molecular weight is 278 g/mol. The number of thiocarbonyl (C=S) groups is 1. The molecule has 0 aromatic heterocycles. The van der Waals surface area contributed by atoms with Crippen LogP contribution in [-0.2, 0) is 14.6 Å². The van der Waals surface area contributed by atoms with Crippen LogP contribution in [0.2, 0.25) is 0 Å². The molecule has 1 aliphatic rings. The molecule has 98 valence electrons. The summed E-state index contributed by atoms with van der Waals surface area (Å²) in [6, 6.07) is -0.0942. The highest BCUT2D eigenvalue weighted by atomic mass is 32.2. The van der Waals surface area contributed by atoms with Crippen molar-refractivity contribution in [2.75, 3.05) is 18.6 Å². The number of hydrogen-bond acceptors (Lipinski definition) is 4. The van der Waals surface area contributed by atoms with Gasteiger partial charge in [-0.25, -0.2) is 8.42 Å². The Bertz CT molecular complexity index is 419. The number of hydrogen-bond donors (Lipinski definition) is 1. The Morgan fingerprint density at radius 2 is 2.18 bits per heavy atom. The van der Waals surface area contributed by atoms with Crippen LogP contribution < -0.4 is 5.73 Å². The average Bonchev–Trinajstić information content (AvgIpc) is 2.55. The smallest absolute Gasteiger partial charge is 0.226 e. The topological polar surface area (TPSA) is 80.5 Å². The quantitative estimate of drug-likeness (QED) is 0.729. The molecule has 0 bridgehead atoms. The van der Waals surface area contributed by atoms with Crippen molar-refractivity contribution in [3.8, 4) is 0 Å². The van der Waals surface area contributed by atoms with E-state index in [4.69, 9.17) is 18.0 Å². The second-order valence-corrected chi connectivity index (χ2v) is 7.32. The molecule has 1 saturated heterocycles. The summed E-state index contributed by atoms with van der Waals surface area (Å²) in [4.78, 5) is 13.9. The number of sulfone groups is 1. The van der Waals surface area contributed by atoms with E-state index < -0.39 is 15.8 Å². The summed E-state index contributed by atoms with van der Waals surface area (Å²) in [5.74, 6) is -0.453. The standard InChI is InChI=1S/C10H18N2O3S2/c1-7(5-9(11)16)12(2)10(13)8-3-4-17(14,15)6-8/h7-8H,3-6H2,1-2H3,(H2,11,16). The summed E-state index contributed by atoms with van der Waals surface area (Å²) in [5, 5.41) is 0. The molecule has 7 heteroatoms. The van der Waals surface area contributed by atoms with E-state index in [1.807, 2.05) is 6.92 Å². The first-order valence-corrected chi connectivity index (χ1v) is 7.71. The fourth-order valence-corrected chi connectivity index (χ4v) is 3.90. The number of carbonyl (C=O) groups excluding carboxylic acids is 1. The molecule has 1 fully saturated rings. The first-order valence-electron chi connectivity index (χ1n) is 5.48. The predicted molar refractivity (Wildman–Crippen MR) is 70.4 cm³/mol. The van der Waals surface area contributed by atoms with Crippen LogP contribution in [0.25, 0.3) is 0 Å². The van der Waals surface area contributed by atoms with Gasteiger partial charge in [-0.1, -0.05) is 12.2 Å². The summed E-state index contributed by atoms with van der Waals surface area (Å²) in [5.41, 5.74) is 5.43. The van der Waals surface area contributed by atoms with Crippen LogP contribution in [0.5, 0.6) is 0 Å². The van der Waals surface area contributed by atoms with Crippen LogP contribution in [0.3, 0.4) is 0 Å². The second-order valence-electron chi connectivity index (χ2n) is 4.57. The van der Waals surface area contributed by atoms with Crippen LogP contribution >= 0.6 is 12.2 Å². The van der Waals surface area contributed by atoms with Crippen LogP contribution in [-0.4, -0.2) is 48.8 Å². The van der Waals surface area contributed by atoms with E-state index in [0.717, 1.165) is 0 Å². The largest absolute Gasteiger partial charge is 0.393 e. The highest BCUT2D eigenvalue weighted by Crippen LogP contribution is 2.21. The third kappa shape index (κ3) is 3.92. The van der Waals surface area contributed by atoms with Gasteiger partial charge < -0.3 is 10.6 Å². The Labute approximate surface area is 107 Å². The van der Waals surface area contributed by atoms with Crippen LogP contribution in [0, 0.1) is 5.92 Å². The first kappa shape index (κ1) is 14.4. The molecule has 2 atom stereocenters. The van der Waals surface area contributed by atoms with Gasteiger partial charge in [0.05, 0.1) is 22.4 Å². The molecule has 0 saturated carbocycles. The fourth-order valence-electron chi connectivity index (χ4n) is 1.92. The minimum atomic E-state index is -3.02. The summed E-state index contributed by atoms with van der Waals surface area (Å²) >= 11 is 4.79. The lowest BCUT2D eigenvalue weighted by Crippen LogP contribution is -2.41. The van der Waals surface area contributed by atoms with Gasteiger partial charge in [-0.2, -0.15) is 0 Å². The van der Waals surface area contributed by atoms with Gasteiger partial charge in [0.25, 0.3) is 0 Å². The van der Waals surface area contributed by atoms with Gasteiger partial charge in [0.15, 0.2) is 9.84 Å². The Kier molecular flexibility index (Phi) is 4.48. The molecule has 0 spiro atoms. The zero-order valence-corrected chi connectivity index (χ0v) is 11.7. The molecule has 5 nitrogen and oxygen atoms in total. The van der Waals surface area contributed by atoms with E-state index >= 15 is 0 Å². The van der Waals surface area contributed by atoms with Gasteiger partial charge in [0.2, 0.25) is 5.91 Å². The van der Waals surface area contributed by atoms with Crippen molar-refractivity contribution in [2.45, 2.75) is 25.8 Å². The second kappa shape index (κ2) is 5.30. The van der Waals surface area contributed by atoms with E-state index in [2.05, 4.69) is 0 Å². The van der Waals surface area contributed by atoms with Crippen molar-refractivity contribution in [2.24, 2.45) is 11.7 Å². The fraction of sp³-hybridized carbons (Fsp3) is 0.800. The Balaban J connectivity index is 2.61. The van der Waals surface area contributed by atoms with E-state index in [0.29, 0.717) is 17.8 Å². The van der Waals surface area contributed by atoms with Crippen molar-refractivity contribution in [3.05, 3.63) is 0 Å². The van der Waals surface area contributed by atoms with Gasteiger partial charge in [-0.3, -0.25) is 4.79 Å². The molecule has 0 radical (unpaired) electrons. The maximum Gasteiger partial charge on any atom is 0.226 e. The first-order chi connectivity index (χ1) is 7.73. The molecule has 0 aromatic carbocycles. The van der Waals surface area contributed by atoms with Gasteiger partial charge in [-0.15, -0.1) is 0 Å². The molecule has 1 heterocycles. The molecule has 2 unspecified atom stereocenters. The lowest BCUT2D eigenvalue weighted by atomic mass is 10.1. The zero-order chi connectivity index (χ0) is 13.2. The molecular formula is C10H18N2O3S2. The van der Waals surface area contributed by atoms with Gasteiger partial charge >= 0.3 is 0 Å². The molecule has 17 heavy (non-hydrogen) atoms. The van der Waals surface area contributed by atoms with E-state index in [-0.39, 0.29) is 23.5 Å². The minimum absolute atomic E-state index is 0.0318. The van der Waals surface area contributed by atoms with Gasteiger partial charge in [-0.05, 0) is 13.3 Å². The maximum atomic E-state index is 12.0. The number of amides is 1. The summed E-state index contributed by atoms with van der Waals surface area (Å²) in [6.45, 7) is 1.85. The van der Waals surface area contributed by atoms with Crippen molar-refractivity contribution >= 4 is 33.0 Å². The number of nitrogens with two attached hydrogens (primary N) is 1. The maximum absolute atomic E-state index is 12.0. The molecule has 1 amide bonds. The minimum Gasteiger partial charge on any atom is -0.393 e. The SMILES string of the molecule is CC(CC(N)=S)N(C)C(=O)C1CCS(=O)(=O)C1. The van der Waals surface area contributed by atoms with Crippen LogP contribution in [0.15, 0.2) is 0 Å². The van der Waals surface area contributed by atoms with E-state index in [1.165, 1.54) is 0 Å². The van der Waals surface area contributed by atoms with Gasteiger partial charge in [0.1, 0.15) is 0 Å². The van der Waals surface area contributed by atoms with Crippen molar-refractivity contribution in [1.82, 2.24) is 4.90 Å². The Hall–Kier alpha value is -0.690. The van der Waals surface area contributed by atoms with E-state index in [9.17, 15) is 13.2 Å². The zero-order valence-electron chi connectivity index (χ0n) is 10.0. The third-order valence-corrected chi connectivity index (χ3v) is 5.02. The number of nitrogens with zero attached hydrogens (tertiary/aromatic N) is 1. The number of rotatable bonds is 4. The summed E-state index contributed by atoms with van der Waals surface area (Å²) in [6.07, 6.45) is 0.877. The third-order valence-electron chi connectivity index (χ3n) is 3.09. The van der Waals surface area contributed by atoms with Crippen molar-refractivity contribution in [3.63, 3.8) is 0 Å². The molecule has 2 N–H and O–H groups in total. The summed E-state index contributed by atoms with van der Waals surface area (Å²) in [7, 11) is -1.36. The number of carbonyl (C=O) groups is 1. The van der Waals surface area contributed by atoms with Crippen LogP contribution in [0.4, 0.5) is 0 Å². The lowest BCUT2D eigenvalue weighted by Gasteiger charge is -2.26. The van der Waals surface area contributed by atoms with Crippen LogP contribution in [0.1, 0.15) is 19.8 Å². The molecule has 1 aliphatic heterocycles. The highest BCUT2D eigenvalue weighted by molar-refractivity contribution is 7.91. The molecule has 0 aliphatic carbocycles. The monoisotopic (exact) mass is 278 g/mol. The Morgan fingerprint density at radius 3 is 2.59 bits per heavy atom. The van der Waals surface area contributed by atoms with E-state index in [1.54, 1.807) is 11.9 Å². The van der Waals surface area contributed by atoms with Gasteiger partial charge in [0, 0.05) is 19.5 Å². The summed E-state index contributed by atoms with van der Waals surface area (Å²) < 4.78 is 22.6. The predicted octanol–water partition coefficient (Wildman–Crippen LogP) is -0.0558. The molecule has 0 aromatic rings. The molecular weight excluding hydrogens is 260 g/mol.